The molecule has 1 aromatic rings. The van der Waals surface area contributed by atoms with E-state index in [0.29, 0.717) is 29.5 Å². The molecule has 2 fully saturated rings. The third-order valence-corrected chi connectivity index (χ3v) is 7.54. The minimum atomic E-state index is -0.0593. The van der Waals surface area contributed by atoms with Crippen LogP contribution in [-0.2, 0) is 6.54 Å². The smallest absolute Gasteiger partial charge is 0.127 e. The summed E-state index contributed by atoms with van der Waals surface area (Å²) in [7, 11) is 0. The number of nitrogens with zero attached hydrogens (tertiary/aromatic N) is 3. The van der Waals surface area contributed by atoms with E-state index in [1.807, 2.05) is 46.8 Å². The predicted octanol–water partition coefficient (Wildman–Crippen LogP) is 6.67. The molecule has 220 valence electrons. The number of aryl methyl sites for hydroxylation is 1. The Morgan fingerprint density at radius 2 is 1.55 bits per heavy atom. The minimum absolute atomic E-state index is 0.0593. The normalized spacial score (nSPS) is 20.4. The molecule has 38 heavy (non-hydrogen) atoms. The van der Waals surface area contributed by atoms with Gasteiger partial charge in [-0.25, -0.2) is 4.39 Å². The van der Waals surface area contributed by atoms with Gasteiger partial charge in [-0.15, -0.1) is 0 Å². The fourth-order valence-electron chi connectivity index (χ4n) is 4.83. The quantitative estimate of drug-likeness (QED) is 0.400. The maximum Gasteiger partial charge on any atom is 0.127 e. The zero-order chi connectivity index (χ0) is 29.4. The maximum atomic E-state index is 14.2. The van der Waals surface area contributed by atoms with E-state index in [0.717, 1.165) is 50.4 Å². The molecule has 0 spiro atoms. The summed E-state index contributed by atoms with van der Waals surface area (Å²) >= 11 is 0. The molecular weight excluding hydrogens is 473 g/mol. The standard InChI is InChI=1S/C24H38FN3.C4H10N2.2C2H6/c1-6-22-17-27(20(5)18(2)3)13-14-28(22)23-9-11-26(12-10-23)16-21-8-7-19(4)15-24(21)25;1-3(5)4(2)6;2*1-2/h7-8,15,20,22-23H,2,6,9-14,16-17H2,1,3-5H3;5-6H2,1-2H3;2*1-2H3/b;4-3-;;. The van der Waals surface area contributed by atoms with Crippen LogP contribution in [0.25, 0.3) is 0 Å². The van der Waals surface area contributed by atoms with Crippen LogP contribution in [0.3, 0.4) is 0 Å². The monoisotopic (exact) mass is 533 g/mol. The van der Waals surface area contributed by atoms with Gasteiger partial charge >= 0.3 is 0 Å². The van der Waals surface area contributed by atoms with E-state index in [-0.39, 0.29) is 5.82 Å². The first-order valence-corrected chi connectivity index (χ1v) is 14.8. The highest BCUT2D eigenvalue weighted by atomic mass is 19.1. The van der Waals surface area contributed by atoms with Crippen molar-refractivity contribution >= 4 is 0 Å². The lowest BCUT2D eigenvalue weighted by molar-refractivity contribution is 0.00497. The zero-order valence-corrected chi connectivity index (χ0v) is 26.4. The number of hydrogen-bond donors (Lipinski definition) is 2. The van der Waals surface area contributed by atoms with Crippen LogP contribution in [0.15, 0.2) is 41.7 Å². The van der Waals surface area contributed by atoms with Gasteiger partial charge in [0.1, 0.15) is 5.82 Å². The van der Waals surface area contributed by atoms with Gasteiger partial charge in [0.05, 0.1) is 0 Å². The largest absolute Gasteiger partial charge is 0.401 e. The Hall–Kier alpha value is -1.89. The van der Waals surface area contributed by atoms with Crippen LogP contribution in [0, 0.1) is 12.7 Å². The van der Waals surface area contributed by atoms with Crippen LogP contribution < -0.4 is 11.5 Å². The molecule has 2 atom stereocenters. The highest BCUT2D eigenvalue weighted by molar-refractivity contribution is 5.23. The fourth-order valence-corrected chi connectivity index (χ4v) is 4.83. The summed E-state index contributed by atoms with van der Waals surface area (Å²) in [4.78, 5) is 7.79. The molecule has 5 nitrogen and oxygen atoms in total. The third-order valence-electron chi connectivity index (χ3n) is 7.54. The van der Waals surface area contributed by atoms with Crippen molar-refractivity contribution in [3.05, 3.63) is 58.7 Å². The molecule has 2 aliphatic rings. The molecule has 0 saturated carbocycles. The highest BCUT2D eigenvalue weighted by Gasteiger charge is 2.34. The molecule has 2 saturated heterocycles. The molecular formula is C32H60FN5. The molecule has 6 heteroatoms. The molecule has 0 amide bonds. The summed E-state index contributed by atoms with van der Waals surface area (Å²) in [5.41, 5.74) is 14.9. The Labute approximate surface area is 235 Å². The topological polar surface area (TPSA) is 61.8 Å². The fraction of sp³-hybridized carbons (Fsp3) is 0.688. The lowest BCUT2D eigenvalue weighted by atomic mass is 9.97. The molecule has 2 heterocycles. The number of piperidine rings is 1. The predicted molar refractivity (Wildman–Crippen MR) is 166 cm³/mol. The summed E-state index contributed by atoms with van der Waals surface area (Å²) in [5, 5.41) is 0. The lowest BCUT2D eigenvalue weighted by Crippen LogP contribution is -2.59. The molecule has 0 radical (unpaired) electrons. The van der Waals surface area contributed by atoms with Crippen molar-refractivity contribution in [1.29, 1.82) is 0 Å². The van der Waals surface area contributed by atoms with E-state index in [1.54, 1.807) is 19.9 Å². The van der Waals surface area contributed by atoms with Crippen LogP contribution in [0.5, 0.6) is 0 Å². The van der Waals surface area contributed by atoms with Gasteiger partial charge in [-0.05, 0) is 78.6 Å². The van der Waals surface area contributed by atoms with Crippen LogP contribution in [0.4, 0.5) is 4.39 Å². The van der Waals surface area contributed by atoms with Gasteiger partial charge in [0.25, 0.3) is 0 Å². The van der Waals surface area contributed by atoms with E-state index in [4.69, 9.17) is 11.5 Å². The van der Waals surface area contributed by atoms with E-state index >= 15 is 0 Å². The first-order valence-electron chi connectivity index (χ1n) is 14.8. The Balaban J connectivity index is 0.00000119. The average Bonchev–Trinajstić information content (AvgIpc) is 2.92. The van der Waals surface area contributed by atoms with Gasteiger partial charge in [0.2, 0.25) is 0 Å². The van der Waals surface area contributed by atoms with Crippen molar-refractivity contribution in [3.63, 3.8) is 0 Å². The van der Waals surface area contributed by atoms with Crippen molar-refractivity contribution in [2.24, 2.45) is 11.5 Å². The van der Waals surface area contributed by atoms with Gasteiger partial charge in [-0.2, -0.15) is 0 Å². The number of hydrogen-bond acceptors (Lipinski definition) is 5. The third kappa shape index (κ3) is 11.9. The summed E-state index contributed by atoms with van der Waals surface area (Å²) in [6.45, 7) is 30.7. The molecule has 1 aromatic carbocycles. The Kier molecular flexibility index (Phi) is 18.3. The number of nitrogens with two attached hydrogens (primary N) is 2. The van der Waals surface area contributed by atoms with Gasteiger partial charge in [-0.3, -0.25) is 14.7 Å². The first-order chi connectivity index (χ1) is 18.0. The van der Waals surface area contributed by atoms with Gasteiger partial charge in [0.15, 0.2) is 0 Å². The summed E-state index contributed by atoms with van der Waals surface area (Å²) in [6.07, 6.45) is 3.59. The molecule has 0 bridgehead atoms. The summed E-state index contributed by atoms with van der Waals surface area (Å²) in [5.74, 6) is -0.0593. The van der Waals surface area contributed by atoms with E-state index < -0.39 is 0 Å². The Morgan fingerprint density at radius 3 is 2.00 bits per heavy atom. The second-order valence-corrected chi connectivity index (χ2v) is 10.3. The van der Waals surface area contributed by atoms with Crippen molar-refractivity contribution < 1.29 is 4.39 Å². The second kappa shape index (κ2) is 19.2. The summed E-state index contributed by atoms with van der Waals surface area (Å²) in [6, 6.07) is 7.41. The van der Waals surface area contributed by atoms with Crippen molar-refractivity contribution in [2.75, 3.05) is 32.7 Å². The summed E-state index contributed by atoms with van der Waals surface area (Å²) < 4.78 is 14.2. The first kappa shape index (κ1) is 36.1. The average molecular weight is 534 g/mol. The molecule has 3 rings (SSSR count). The van der Waals surface area contributed by atoms with Crippen LogP contribution in [0.1, 0.15) is 92.7 Å². The SMILES string of the molecule is C/C(N)=C(\C)N.C=C(C)C(C)N1CCN(C2CCN(Cc3ccc(C)cc3F)CC2)C(CC)C1.CC.CC. The number of allylic oxidation sites excluding steroid dienone is 2. The van der Waals surface area contributed by atoms with E-state index in [2.05, 4.69) is 42.0 Å². The number of likely N-dealkylation sites (tertiary alicyclic amines) is 1. The van der Waals surface area contributed by atoms with E-state index in [9.17, 15) is 4.39 Å². The molecule has 2 aliphatic heterocycles. The highest BCUT2D eigenvalue weighted by Crippen LogP contribution is 2.26. The van der Waals surface area contributed by atoms with Crippen molar-refractivity contribution in [2.45, 2.75) is 113 Å². The molecule has 4 N–H and O–H groups in total. The number of piperazine rings is 1. The van der Waals surface area contributed by atoms with Crippen molar-refractivity contribution in [1.82, 2.24) is 14.7 Å². The van der Waals surface area contributed by atoms with Gasteiger partial charge in [0, 0.05) is 61.3 Å². The molecule has 2 unspecified atom stereocenters. The van der Waals surface area contributed by atoms with Crippen LogP contribution in [-0.4, -0.2) is 65.5 Å². The second-order valence-electron chi connectivity index (χ2n) is 10.3. The molecule has 0 aliphatic carbocycles. The Morgan fingerprint density at radius 1 is 1.00 bits per heavy atom. The number of rotatable bonds is 6. The molecule has 0 aromatic heterocycles. The van der Waals surface area contributed by atoms with E-state index in [1.165, 1.54) is 24.8 Å². The lowest BCUT2D eigenvalue weighted by Gasteiger charge is -2.49. The minimum Gasteiger partial charge on any atom is -0.401 e. The van der Waals surface area contributed by atoms with Crippen LogP contribution >= 0.6 is 0 Å². The Bertz CT molecular complexity index is 811. The van der Waals surface area contributed by atoms with Crippen LogP contribution in [0.2, 0.25) is 0 Å². The van der Waals surface area contributed by atoms with Crippen molar-refractivity contribution in [3.8, 4) is 0 Å². The number of benzene rings is 1. The zero-order valence-electron chi connectivity index (χ0n) is 26.4. The number of halogens is 1. The van der Waals surface area contributed by atoms with Gasteiger partial charge < -0.3 is 11.5 Å². The maximum absolute atomic E-state index is 14.2. The van der Waals surface area contributed by atoms with Gasteiger partial charge in [-0.1, -0.05) is 58.9 Å².